The lowest BCUT2D eigenvalue weighted by molar-refractivity contribution is 1.27. The van der Waals surface area contributed by atoms with Crippen molar-refractivity contribution in [2.45, 2.75) is 0 Å². The van der Waals surface area contributed by atoms with E-state index in [1.54, 1.807) is 20.2 Å². The minimum absolute atomic E-state index is 0.483. The highest BCUT2D eigenvalue weighted by molar-refractivity contribution is 5.78. The predicted molar refractivity (Wildman–Crippen MR) is 52.2 cm³/mol. The number of hydrogen-bond acceptors (Lipinski definition) is 5. The maximum Gasteiger partial charge on any atom is 0.153 e. The van der Waals surface area contributed by atoms with Crippen LogP contribution in [-0.2, 0) is 0 Å². The Bertz CT molecular complexity index is 283. The van der Waals surface area contributed by atoms with Crippen LogP contribution in [0.3, 0.4) is 0 Å². The van der Waals surface area contributed by atoms with Crippen LogP contribution in [0.15, 0.2) is 6.07 Å². The zero-order valence-electron chi connectivity index (χ0n) is 7.18. The largest absolute Gasteiger partial charge is 0.397 e. The number of hydrogen-bond donors (Lipinski definition) is 4. The summed E-state index contributed by atoms with van der Waals surface area (Å²) in [6, 6.07) is 1.69. The molecule has 5 nitrogen and oxygen atoms in total. The number of nitrogen functional groups attached to an aromatic ring is 2. The normalized spacial score (nSPS) is 9.50. The number of nitrogens with zero attached hydrogens (tertiary/aromatic N) is 1. The standard InChI is InChI=1S/C7H13N5/c1-10-5-3-4(8)6(9)7(11-2)12-5/h3H,9H2,1-2H3,(H4,8,10,11,12). The summed E-state index contributed by atoms with van der Waals surface area (Å²) in [4.78, 5) is 4.14. The number of aromatic nitrogens is 1. The molecule has 1 rings (SSSR count). The number of rotatable bonds is 2. The first kappa shape index (κ1) is 8.45. The lowest BCUT2D eigenvalue weighted by Gasteiger charge is -2.08. The van der Waals surface area contributed by atoms with E-state index in [4.69, 9.17) is 11.5 Å². The lowest BCUT2D eigenvalue weighted by Crippen LogP contribution is -2.05. The topological polar surface area (TPSA) is 89.0 Å². The average Bonchev–Trinajstić information content (AvgIpc) is 2.09. The van der Waals surface area contributed by atoms with Crippen molar-refractivity contribution in [1.82, 2.24) is 4.98 Å². The first-order valence-electron chi connectivity index (χ1n) is 3.60. The third kappa shape index (κ3) is 1.34. The van der Waals surface area contributed by atoms with E-state index in [9.17, 15) is 0 Å². The van der Waals surface area contributed by atoms with Gasteiger partial charge in [-0.25, -0.2) is 4.98 Å². The molecule has 0 amide bonds. The molecule has 0 unspecified atom stereocenters. The second-order valence-electron chi connectivity index (χ2n) is 2.36. The Morgan fingerprint density at radius 2 is 1.92 bits per heavy atom. The number of nitrogens with two attached hydrogens (primary N) is 2. The molecular weight excluding hydrogens is 154 g/mol. The SMILES string of the molecule is CNc1cc(N)c(N)c(NC)n1. The smallest absolute Gasteiger partial charge is 0.153 e. The fraction of sp³-hybridized carbons (Fsp3) is 0.286. The Morgan fingerprint density at radius 3 is 2.42 bits per heavy atom. The fourth-order valence-electron chi connectivity index (χ4n) is 0.893. The highest BCUT2D eigenvalue weighted by Crippen LogP contribution is 2.25. The van der Waals surface area contributed by atoms with Crippen LogP contribution in [0.1, 0.15) is 0 Å². The molecule has 0 fully saturated rings. The summed E-state index contributed by atoms with van der Waals surface area (Å²) in [5.41, 5.74) is 12.3. The van der Waals surface area contributed by atoms with Gasteiger partial charge in [0, 0.05) is 20.2 Å². The van der Waals surface area contributed by atoms with Gasteiger partial charge >= 0.3 is 0 Å². The molecule has 0 saturated heterocycles. The van der Waals surface area contributed by atoms with Gasteiger partial charge < -0.3 is 22.1 Å². The number of nitrogens with one attached hydrogen (secondary N) is 2. The lowest BCUT2D eigenvalue weighted by atomic mass is 10.3. The van der Waals surface area contributed by atoms with Crippen molar-refractivity contribution >= 4 is 23.0 Å². The molecule has 66 valence electrons. The van der Waals surface area contributed by atoms with Crippen molar-refractivity contribution in [3.63, 3.8) is 0 Å². The van der Waals surface area contributed by atoms with Gasteiger partial charge in [-0.05, 0) is 0 Å². The van der Waals surface area contributed by atoms with Gasteiger partial charge in [-0.2, -0.15) is 0 Å². The minimum atomic E-state index is 0.483. The van der Waals surface area contributed by atoms with Gasteiger partial charge in [-0.3, -0.25) is 0 Å². The molecule has 5 heteroatoms. The second kappa shape index (κ2) is 3.17. The molecule has 12 heavy (non-hydrogen) atoms. The van der Waals surface area contributed by atoms with Crippen molar-refractivity contribution in [3.8, 4) is 0 Å². The Balaban J connectivity index is 3.19. The molecular formula is C7H13N5. The summed E-state index contributed by atoms with van der Waals surface area (Å²) >= 11 is 0. The van der Waals surface area contributed by atoms with Gasteiger partial charge in [0.05, 0.1) is 11.4 Å². The van der Waals surface area contributed by atoms with Crippen LogP contribution >= 0.6 is 0 Å². The van der Waals surface area contributed by atoms with Crippen LogP contribution in [-0.4, -0.2) is 19.1 Å². The molecule has 0 atom stereocenters. The van der Waals surface area contributed by atoms with Crippen molar-refractivity contribution in [2.24, 2.45) is 0 Å². The summed E-state index contributed by atoms with van der Waals surface area (Å²) in [6.45, 7) is 0. The summed E-state index contributed by atoms with van der Waals surface area (Å²) in [7, 11) is 3.52. The summed E-state index contributed by atoms with van der Waals surface area (Å²) < 4.78 is 0. The van der Waals surface area contributed by atoms with Crippen LogP contribution in [0.5, 0.6) is 0 Å². The first-order chi connectivity index (χ1) is 5.69. The van der Waals surface area contributed by atoms with E-state index in [1.807, 2.05) is 0 Å². The molecule has 0 radical (unpaired) electrons. The molecule has 0 aliphatic heterocycles. The van der Waals surface area contributed by atoms with E-state index in [1.165, 1.54) is 0 Å². The summed E-state index contributed by atoms with van der Waals surface area (Å²) in [5, 5.41) is 5.74. The summed E-state index contributed by atoms with van der Waals surface area (Å²) in [6.07, 6.45) is 0. The van der Waals surface area contributed by atoms with Gasteiger partial charge in [-0.1, -0.05) is 0 Å². The monoisotopic (exact) mass is 167 g/mol. The van der Waals surface area contributed by atoms with Crippen molar-refractivity contribution in [2.75, 3.05) is 36.2 Å². The maximum absolute atomic E-state index is 5.64. The van der Waals surface area contributed by atoms with Crippen LogP contribution in [0.2, 0.25) is 0 Å². The van der Waals surface area contributed by atoms with E-state index in [0.717, 1.165) is 0 Å². The highest BCUT2D eigenvalue weighted by Gasteiger charge is 2.04. The quantitative estimate of drug-likeness (QED) is 0.509. The van der Waals surface area contributed by atoms with E-state index < -0.39 is 0 Å². The minimum Gasteiger partial charge on any atom is -0.397 e. The highest BCUT2D eigenvalue weighted by atomic mass is 15.1. The molecule has 0 aliphatic carbocycles. The third-order valence-corrected chi connectivity index (χ3v) is 1.58. The third-order valence-electron chi connectivity index (χ3n) is 1.58. The van der Waals surface area contributed by atoms with Crippen LogP contribution in [0, 0.1) is 0 Å². The van der Waals surface area contributed by atoms with E-state index in [2.05, 4.69) is 15.6 Å². The number of anilines is 4. The van der Waals surface area contributed by atoms with Gasteiger partial charge in [0.25, 0.3) is 0 Å². The van der Waals surface area contributed by atoms with Crippen LogP contribution in [0.25, 0.3) is 0 Å². The van der Waals surface area contributed by atoms with Crippen molar-refractivity contribution in [1.29, 1.82) is 0 Å². The van der Waals surface area contributed by atoms with E-state index >= 15 is 0 Å². The molecule has 1 aromatic heterocycles. The predicted octanol–water partition coefficient (Wildman–Crippen LogP) is 0.329. The fourth-order valence-corrected chi connectivity index (χ4v) is 0.893. The molecule has 0 aromatic carbocycles. The van der Waals surface area contributed by atoms with Crippen molar-refractivity contribution in [3.05, 3.63) is 6.07 Å². The molecule has 0 spiro atoms. The zero-order valence-corrected chi connectivity index (χ0v) is 7.18. The van der Waals surface area contributed by atoms with Crippen molar-refractivity contribution < 1.29 is 0 Å². The van der Waals surface area contributed by atoms with Gasteiger partial charge in [0.2, 0.25) is 0 Å². The van der Waals surface area contributed by atoms with Gasteiger partial charge in [0.15, 0.2) is 5.82 Å². The van der Waals surface area contributed by atoms with Crippen LogP contribution < -0.4 is 22.1 Å². The first-order valence-corrected chi connectivity index (χ1v) is 3.60. The summed E-state index contributed by atoms with van der Waals surface area (Å²) in [5.74, 6) is 1.30. The van der Waals surface area contributed by atoms with Gasteiger partial charge in [0.1, 0.15) is 5.82 Å². The zero-order chi connectivity index (χ0) is 9.14. The Hall–Kier alpha value is -1.65. The Morgan fingerprint density at radius 1 is 1.25 bits per heavy atom. The van der Waals surface area contributed by atoms with Gasteiger partial charge in [-0.15, -0.1) is 0 Å². The Kier molecular flexibility index (Phi) is 2.23. The molecule has 1 aromatic rings. The Labute approximate surface area is 71.2 Å². The van der Waals surface area contributed by atoms with E-state index in [-0.39, 0.29) is 0 Å². The molecule has 0 bridgehead atoms. The van der Waals surface area contributed by atoms with E-state index in [0.29, 0.717) is 23.0 Å². The molecule has 0 saturated carbocycles. The second-order valence-corrected chi connectivity index (χ2v) is 2.36. The maximum atomic E-state index is 5.64. The molecule has 6 N–H and O–H groups in total. The van der Waals surface area contributed by atoms with Crippen LogP contribution in [0.4, 0.5) is 23.0 Å². The average molecular weight is 167 g/mol. The molecule has 1 heterocycles. The number of pyridine rings is 1. The molecule has 0 aliphatic rings.